The van der Waals surface area contributed by atoms with Gasteiger partial charge in [0.05, 0.1) is 12.0 Å². The summed E-state index contributed by atoms with van der Waals surface area (Å²) in [6.45, 7) is 5.73. The van der Waals surface area contributed by atoms with Crippen molar-refractivity contribution in [3.8, 4) is 0 Å². The van der Waals surface area contributed by atoms with Crippen molar-refractivity contribution < 1.29 is 9.90 Å². The Morgan fingerprint density at radius 2 is 1.96 bits per heavy atom. The molecule has 2 atom stereocenters. The van der Waals surface area contributed by atoms with Crippen LogP contribution in [0, 0.1) is 5.92 Å². The number of piperidine rings is 1. The maximum Gasteiger partial charge on any atom is 0.227 e. The predicted molar refractivity (Wildman–Crippen MR) is 90.0 cm³/mol. The number of carbonyl (C=O) groups is 1. The van der Waals surface area contributed by atoms with E-state index >= 15 is 0 Å². The van der Waals surface area contributed by atoms with E-state index in [1.165, 1.54) is 0 Å². The van der Waals surface area contributed by atoms with E-state index < -0.39 is 6.10 Å². The summed E-state index contributed by atoms with van der Waals surface area (Å²) < 4.78 is 0. The minimum absolute atomic E-state index is 0.158. The zero-order valence-corrected chi connectivity index (χ0v) is 13.7. The van der Waals surface area contributed by atoms with Gasteiger partial charge in [-0.2, -0.15) is 0 Å². The highest BCUT2D eigenvalue weighted by molar-refractivity contribution is 5.79. The molecule has 2 N–H and O–H groups in total. The lowest BCUT2D eigenvalue weighted by Gasteiger charge is -2.37. The molecule has 5 heteroatoms. The van der Waals surface area contributed by atoms with Gasteiger partial charge in [-0.05, 0) is 24.9 Å². The van der Waals surface area contributed by atoms with Crippen molar-refractivity contribution in [3.05, 3.63) is 35.9 Å². The molecular weight excluding hydrogens is 290 g/mol. The number of aliphatic hydroxyl groups excluding tert-OH is 1. The Labute approximate surface area is 138 Å². The Kier molecular flexibility index (Phi) is 5.65. The van der Waals surface area contributed by atoms with Gasteiger partial charge in [0.25, 0.3) is 0 Å². The number of carbonyl (C=O) groups excluding carboxylic acids is 1. The molecular formula is C18H27N3O2. The van der Waals surface area contributed by atoms with E-state index in [4.69, 9.17) is 0 Å². The molecule has 2 fully saturated rings. The molecule has 0 saturated carbocycles. The Hall–Kier alpha value is -1.43. The van der Waals surface area contributed by atoms with Crippen molar-refractivity contribution >= 4 is 5.91 Å². The molecule has 0 aromatic heterocycles. The van der Waals surface area contributed by atoms with Gasteiger partial charge in [0.1, 0.15) is 0 Å². The Balaban J connectivity index is 1.45. The fourth-order valence-corrected chi connectivity index (χ4v) is 3.50. The third-order valence-electron chi connectivity index (χ3n) is 4.95. The fourth-order valence-electron chi connectivity index (χ4n) is 3.50. The first-order valence-corrected chi connectivity index (χ1v) is 8.69. The lowest BCUT2D eigenvalue weighted by molar-refractivity contribution is -0.138. The molecule has 0 bridgehead atoms. The average Bonchev–Trinajstić information content (AvgIpc) is 2.63. The zero-order valence-electron chi connectivity index (χ0n) is 13.7. The Bertz CT molecular complexity index is 494. The summed E-state index contributed by atoms with van der Waals surface area (Å²) >= 11 is 0. The van der Waals surface area contributed by atoms with Crippen molar-refractivity contribution in [1.29, 1.82) is 0 Å². The number of nitrogens with one attached hydrogen (secondary N) is 1. The van der Waals surface area contributed by atoms with E-state index in [9.17, 15) is 9.90 Å². The Morgan fingerprint density at radius 3 is 2.61 bits per heavy atom. The lowest BCUT2D eigenvalue weighted by atomic mass is 9.98. The summed E-state index contributed by atoms with van der Waals surface area (Å²) in [4.78, 5) is 16.8. The van der Waals surface area contributed by atoms with Gasteiger partial charge in [-0.25, -0.2) is 0 Å². The average molecular weight is 317 g/mol. The molecule has 2 saturated heterocycles. The third-order valence-corrected chi connectivity index (χ3v) is 4.95. The third kappa shape index (κ3) is 4.31. The molecule has 126 valence electrons. The van der Waals surface area contributed by atoms with Crippen molar-refractivity contribution in [2.75, 3.05) is 45.8 Å². The largest absolute Gasteiger partial charge is 0.387 e. The van der Waals surface area contributed by atoms with E-state index in [1.807, 2.05) is 35.2 Å². The van der Waals surface area contributed by atoms with Gasteiger partial charge in [-0.3, -0.25) is 9.69 Å². The Morgan fingerprint density at radius 1 is 1.22 bits per heavy atom. The van der Waals surface area contributed by atoms with Crippen molar-refractivity contribution in [1.82, 2.24) is 15.1 Å². The van der Waals surface area contributed by atoms with Gasteiger partial charge >= 0.3 is 0 Å². The van der Waals surface area contributed by atoms with Crippen LogP contribution >= 0.6 is 0 Å². The first-order chi connectivity index (χ1) is 11.2. The first kappa shape index (κ1) is 16.4. The summed E-state index contributed by atoms with van der Waals surface area (Å²) in [5.41, 5.74) is 0.958. The molecule has 0 aliphatic carbocycles. The van der Waals surface area contributed by atoms with Gasteiger partial charge in [0.2, 0.25) is 5.91 Å². The summed E-state index contributed by atoms with van der Waals surface area (Å²) in [7, 11) is 0. The van der Waals surface area contributed by atoms with Crippen molar-refractivity contribution in [2.45, 2.75) is 18.9 Å². The monoisotopic (exact) mass is 317 g/mol. The van der Waals surface area contributed by atoms with Crippen molar-refractivity contribution in [3.63, 3.8) is 0 Å². The first-order valence-electron chi connectivity index (χ1n) is 8.69. The zero-order chi connectivity index (χ0) is 16.1. The summed E-state index contributed by atoms with van der Waals surface area (Å²) in [5, 5.41) is 13.6. The van der Waals surface area contributed by atoms with E-state index in [0.29, 0.717) is 12.5 Å². The second-order valence-corrected chi connectivity index (χ2v) is 6.60. The quantitative estimate of drug-likeness (QED) is 0.865. The van der Waals surface area contributed by atoms with Crippen LogP contribution in [0.25, 0.3) is 0 Å². The van der Waals surface area contributed by atoms with E-state index in [1.54, 1.807) is 0 Å². The van der Waals surface area contributed by atoms with Crippen LogP contribution in [-0.4, -0.2) is 66.6 Å². The molecule has 2 aliphatic rings. The van der Waals surface area contributed by atoms with Gasteiger partial charge in [-0.15, -0.1) is 0 Å². The van der Waals surface area contributed by atoms with E-state index in [-0.39, 0.29) is 5.92 Å². The molecule has 5 nitrogen and oxygen atoms in total. The molecule has 1 aromatic carbocycles. The minimum Gasteiger partial charge on any atom is -0.387 e. The number of piperazine rings is 1. The van der Waals surface area contributed by atoms with Gasteiger partial charge in [-0.1, -0.05) is 30.3 Å². The second kappa shape index (κ2) is 7.90. The number of amides is 1. The van der Waals surface area contributed by atoms with Crippen LogP contribution in [0.3, 0.4) is 0 Å². The summed E-state index contributed by atoms with van der Waals surface area (Å²) in [6, 6.07) is 9.78. The second-order valence-electron chi connectivity index (χ2n) is 6.60. The topological polar surface area (TPSA) is 55.8 Å². The molecule has 2 aliphatic heterocycles. The summed E-state index contributed by atoms with van der Waals surface area (Å²) in [5.74, 6) is 0.464. The lowest BCUT2D eigenvalue weighted by Crippen LogP contribution is -2.52. The normalized spacial score (nSPS) is 24.4. The van der Waals surface area contributed by atoms with E-state index in [0.717, 1.165) is 57.7 Å². The molecule has 2 unspecified atom stereocenters. The van der Waals surface area contributed by atoms with Crippen LogP contribution in [0.15, 0.2) is 30.3 Å². The highest BCUT2D eigenvalue weighted by atomic mass is 16.3. The smallest absolute Gasteiger partial charge is 0.227 e. The number of β-amino-alcohol motifs (C(OH)–C–C–N with tert-alkyl or cyclic N) is 1. The molecule has 1 amide bonds. The number of aliphatic hydroxyl groups is 1. The van der Waals surface area contributed by atoms with Crippen LogP contribution < -0.4 is 5.32 Å². The SMILES string of the molecule is O=C(C1CCCNC1)N1CCN(CC(O)c2ccccc2)CC1. The standard InChI is InChI=1S/C18H27N3O2/c22-17(15-5-2-1-3-6-15)14-20-9-11-21(12-10-20)18(23)16-7-4-8-19-13-16/h1-3,5-6,16-17,19,22H,4,7-14H2. The van der Waals surface area contributed by atoms with Gasteiger partial charge < -0.3 is 15.3 Å². The summed E-state index contributed by atoms with van der Waals surface area (Å²) in [6.07, 6.45) is 1.65. The van der Waals surface area contributed by atoms with Crippen LogP contribution in [0.4, 0.5) is 0 Å². The maximum absolute atomic E-state index is 12.5. The highest BCUT2D eigenvalue weighted by Gasteiger charge is 2.28. The number of benzene rings is 1. The molecule has 0 radical (unpaired) electrons. The van der Waals surface area contributed by atoms with Crippen LogP contribution in [0.2, 0.25) is 0 Å². The number of nitrogens with zero attached hydrogens (tertiary/aromatic N) is 2. The van der Waals surface area contributed by atoms with Crippen molar-refractivity contribution in [2.24, 2.45) is 5.92 Å². The minimum atomic E-state index is -0.457. The van der Waals surface area contributed by atoms with Crippen LogP contribution in [0.1, 0.15) is 24.5 Å². The highest BCUT2D eigenvalue weighted by Crippen LogP contribution is 2.17. The number of hydrogen-bond donors (Lipinski definition) is 2. The molecule has 1 aromatic rings. The van der Waals surface area contributed by atoms with E-state index in [2.05, 4.69) is 10.2 Å². The van der Waals surface area contributed by atoms with Crippen LogP contribution in [-0.2, 0) is 4.79 Å². The van der Waals surface area contributed by atoms with Crippen LogP contribution in [0.5, 0.6) is 0 Å². The molecule has 0 spiro atoms. The molecule has 2 heterocycles. The number of rotatable bonds is 4. The number of hydrogen-bond acceptors (Lipinski definition) is 4. The van der Waals surface area contributed by atoms with Gasteiger partial charge in [0.15, 0.2) is 0 Å². The molecule has 3 rings (SSSR count). The molecule has 23 heavy (non-hydrogen) atoms. The fraction of sp³-hybridized carbons (Fsp3) is 0.611. The maximum atomic E-state index is 12.5. The van der Waals surface area contributed by atoms with Gasteiger partial charge in [0, 0.05) is 39.3 Å². The predicted octanol–water partition coefficient (Wildman–Crippen LogP) is 0.864.